The molecule has 0 bridgehead atoms. The van der Waals surface area contributed by atoms with E-state index in [0.29, 0.717) is 18.1 Å². The average molecular weight is 316 g/mol. The molecule has 4 heteroatoms. The van der Waals surface area contributed by atoms with Crippen LogP contribution in [0.3, 0.4) is 0 Å². The van der Waals surface area contributed by atoms with Gasteiger partial charge in [-0.05, 0) is 48.9 Å². The Morgan fingerprint density at radius 3 is 2.59 bits per heavy atom. The summed E-state index contributed by atoms with van der Waals surface area (Å²) in [5, 5.41) is 3.65. The Balaban J connectivity index is 1.56. The van der Waals surface area contributed by atoms with Gasteiger partial charge in [-0.3, -0.25) is 4.79 Å². The third-order valence-corrected chi connectivity index (χ3v) is 4.32. The van der Waals surface area contributed by atoms with Gasteiger partial charge >= 0.3 is 0 Å². The molecule has 0 unspecified atom stereocenters. The fourth-order valence-corrected chi connectivity index (χ4v) is 2.97. The maximum Gasteiger partial charge on any atom is 0.286 e. The number of hydrogen-bond acceptors (Lipinski definition) is 1. The van der Waals surface area contributed by atoms with Gasteiger partial charge in [0.25, 0.3) is 5.91 Å². The molecule has 0 radical (unpaired) electrons. The Labute approximate surface area is 135 Å². The summed E-state index contributed by atoms with van der Waals surface area (Å²) in [6.07, 6.45) is 8.95. The van der Waals surface area contributed by atoms with E-state index in [0.717, 1.165) is 12.0 Å². The minimum Gasteiger partial charge on any atom is -0.347 e. The lowest BCUT2D eigenvalue weighted by Gasteiger charge is -2.13. The van der Waals surface area contributed by atoms with Crippen LogP contribution in [-0.2, 0) is 30.7 Å². The predicted octanol–water partition coefficient (Wildman–Crippen LogP) is 2.82. The van der Waals surface area contributed by atoms with Gasteiger partial charge in [-0.15, -0.1) is 0 Å². The summed E-state index contributed by atoms with van der Waals surface area (Å²) in [4.78, 5) is 12.1. The second-order valence-electron chi connectivity index (χ2n) is 5.78. The highest BCUT2D eigenvalue weighted by Gasteiger charge is 2.15. The number of amides is 1. The summed E-state index contributed by atoms with van der Waals surface area (Å²) in [5.74, 6) is 0.0238. The molecular formula is C18H20ClN2O+. The Kier molecular flexibility index (Phi) is 4.74. The molecule has 0 fully saturated rings. The molecule has 22 heavy (non-hydrogen) atoms. The Morgan fingerprint density at radius 1 is 1.09 bits per heavy atom. The number of aromatic nitrogens is 1. The van der Waals surface area contributed by atoms with Gasteiger partial charge in [-0.1, -0.05) is 23.7 Å². The van der Waals surface area contributed by atoms with Crippen LogP contribution < -0.4 is 9.88 Å². The van der Waals surface area contributed by atoms with E-state index in [2.05, 4.69) is 17.6 Å². The van der Waals surface area contributed by atoms with Crippen molar-refractivity contribution in [2.75, 3.05) is 0 Å². The summed E-state index contributed by atoms with van der Waals surface area (Å²) in [6, 6.07) is 9.67. The number of hydrogen-bond donors (Lipinski definition) is 1. The third-order valence-electron chi connectivity index (χ3n) is 4.07. The Hall–Kier alpha value is -1.87. The molecule has 1 aliphatic carbocycles. The zero-order valence-electron chi connectivity index (χ0n) is 12.5. The van der Waals surface area contributed by atoms with Crippen molar-refractivity contribution in [3.8, 4) is 0 Å². The van der Waals surface area contributed by atoms with Crippen molar-refractivity contribution in [2.24, 2.45) is 0 Å². The molecule has 3 rings (SSSR count). The second-order valence-corrected chi connectivity index (χ2v) is 6.21. The topological polar surface area (TPSA) is 33.0 Å². The first-order valence-electron chi connectivity index (χ1n) is 7.73. The molecule has 114 valence electrons. The lowest BCUT2D eigenvalue weighted by Crippen LogP contribution is -2.43. The number of halogens is 1. The molecule has 0 saturated heterocycles. The molecule has 1 amide bonds. The van der Waals surface area contributed by atoms with Crippen LogP contribution in [0.15, 0.2) is 42.7 Å². The maximum absolute atomic E-state index is 12.1. The first-order chi connectivity index (χ1) is 10.7. The number of nitrogens with one attached hydrogen (secondary N) is 1. The van der Waals surface area contributed by atoms with Crippen molar-refractivity contribution in [1.82, 2.24) is 5.32 Å². The summed E-state index contributed by atoms with van der Waals surface area (Å²) >= 11 is 5.85. The quantitative estimate of drug-likeness (QED) is 0.865. The van der Waals surface area contributed by atoms with E-state index in [1.807, 2.05) is 35.0 Å². The average Bonchev–Trinajstić information content (AvgIpc) is 2.54. The van der Waals surface area contributed by atoms with Gasteiger partial charge in [0.15, 0.2) is 12.4 Å². The lowest BCUT2D eigenvalue weighted by atomic mass is 9.93. The van der Waals surface area contributed by atoms with Crippen molar-refractivity contribution >= 4 is 17.5 Å². The van der Waals surface area contributed by atoms with Gasteiger partial charge in [0, 0.05) is 23.2 Å². The molecule has 1 aliphatic rings. The highest BCUT2D eigenvalue weighted by molar-refractivity contribution is 6.30. The van der Waals surface area contributed by atoms with Crippen LogP contribution >= 0.6 is 11.6 Å². The zero-order valence-corrected chi connectivity index (χ0v) is 13.3. The molecular weight excluding hydrogens is 296 g/mol. The van der Waals surface area contributed by atoms with Crippen molar-refractivity contribution in [1.29, 1.82) is 0 Å². The van der Waals surface area contributed by atoms with Crippen molar-refractivity contribution < 1.29 is 9.36 Å². The standard InChI is InChI=1S/C18H19ClN2O/c19-17-7-5-14(6-8-17)11-20-18(22)13-21-10-9-15-3-1-2-4-16(15)12-21/h5-10,12H,1-4,11,13H2/p+1. The third kappa shape index (κ3) is 3.86. The van der Waals surface area contributed by atoms with Gasteiger partial charge in [0.2, 0.25) is 6.54 Å². The summed E-state index contributed by atoms with van der Waals surface area (Å²) in [6.45, 7) is 0.891. The number of carbonyl (C=O) groups excluding carboxylic acids is 1. The van der Waals surface area contributed by atoms with E-state index < -0.39 is 0 Å². The number of aryl methyl sites for hydroxylation is 2. The number of nitrogens with zero attached hydrogens (tertiary/aromatic N) is 1. The molecule has 3 nitrogen and oxygen atoms in total. The fourth-order valence-electron chi connectivity index (χ4n) is 2.84. The van der Waals surface area contributed by atoms with E-state index in [4.69, 9.17) is 11.6 Å². The van der Waals surface area contributed by atoms with Crippen LogP contribution in [0.2, 0.25) is 5.02 Å². The van der Waals surface area contributed by atoms with E-state index in [-0.39, 0.29) is 5.91 Å². The number of benzene rings is 1. The second kappa shape index (κ2) is 6.93. The molecule has 1 N–H and O–H groups in total. The SMILES string of the molecule is O=C(C[n+]1ccc2c(c1)CCCC2)NCc1ccc(Cl)cc1. The van der Waals surface area contributed by atoms with Gasteiger partial charge < -0.3 is 5.32 Å². The first kappa shape index (κ1) is 15.0. The van der Waals surface area contributed by atoms with Crippen LogP contribution in [0, 0.1) is 0 Å². The summed E-state index contributed by atoms with van der Waals surface area (Å²) in [7, 11) is 0. The molecule has 2 aromatic rings. The fraction of sp³-hybridized carbons (Fsp3) is 0.333. The van der Waals surface area contributed by atoms with Gasteiger partial charge in [0.1, 0.15) is 0 Å². The number of carbonyl (C=O) groups is 1. The summed E-state index contributed by atoms with van der Waals surface area (Å²) < 4.78 is 1.97. The minimum atomic E-state index is 0.0238. The monoisotopic (exact) mass is 315 g/mol. The highest BCUT2D eigenvalue weighted by Crippen LogP contribution is 2.18. The van der Waals surface area contributed by atoms with E-state index in [1.54, 1.807) is 0 Å². The van der Waals surface area contributed by atoms with Gasteiger partial charge in [-0.25, -0.2) is 0 Å². The Morgan fingerprint density at radius 2 is 1.82 bits per heavy atom. The molecule has 0 atom stereocenters. The molecule has 1 aromatic heterocycles. The molecule has 1 heterocycles. The molecule has 0 aliphatic heterocycles. The first-order valence-corrected chi connectivity index (χ1v) is 8.10. The summed E-state index contributed by atoms with van der Waals surface area (Å²) in [5.41, 5.74) is 3.87. The number of rotatable bonds is 4. The van der Waals surface area contributed by atoms with Crippen molar-refractivity contribution in [3.63, 3.8) is 0 Å². The number of pyridine rings is 1. The lowest BCUT2D eigenvalue weighted by molar-refractivity contribution is -0.685. The van der Waals surface area contributed by atoms with Crippen LogP contribution in [-0.4, -0.2) is 5.91 Å². The minimum absolute atomic E-state index is 0.0238. The van der Waals surface area contributed by atoms with E-state index in [1.165, 1.54) is 30.4 Å². The van der Waals surface area contributed by atoms with Crippen LogP contribution in [0.4, 0.5) is 0 Å². The van der Waals surface area contributed by atoms with Crippen LogP contribution in [0.5, 0.6) is 0 Å². The molecule has 0 spiro atoms. The smallest absolute Gasteiger partial charge is 0.286 e. The van der Waals surface area contributed by atoms with Crippen LogP contribution in [0.25, 0.3) is 0 Å². The predicted molar refractivity (Wildman–Crippen MR) is 86.6 cm³/mol. The molecule has 1 aromatic carbocycles. The van der Waals surface area contributed by atoms with Crippen molar-refractivity contribution in [3.05, 3.63) is 64.4 Å². The van der Waals surface area contributed by atoms with E-state index in [9.17, 15) is 4.79 Å². The van der Waals surface area contributed by atoms with E-state index >= 15 is 0 Å². The van der Waals surface area contributed by atoms with Gasteiger partial charge in [0.05, 0.1) is 0 Å². The highest BCUT2D eigenvalue weighted by atomic mass is 35.5. The maximum atomic E-state index is 12.1. The van der Waals surface area contributed by atoms with Crippen molar-refractivity contribution in [2.45, 2.75) is 38.8 Å². The largest absolute Gasteiger partial charge is 0.347 e. The normalized spacial score (nSPS) is 13.5. The zero-order chi connectivity index (χ0) is 15.4. The Bertz CT molecular complexity index is 667. The van der Waals surface area contributed by atoms with Gasteiger partial charge in [-0.2, -0.15) is 4.57 Å². The molecule has 0 saturated carbocycles. The number of fused-ring (bicyclic) bond motifs is 1. The van der Waals surface area contributed by atoms with Crippen LogP contribution in [0.1, 0.15) is 29.5 Å².